The van der Waals surface area contributed by atoms with E-state index in [1.165, 1.54) is 0 Å². The molecular formula is C26H30N6O. The first kappa shape index (κ1) is 22.5. The van der Waals surface area contributed by atoms with Gasteiger partial charge in [-0.3, -0.25) is 4.79 Å². The Balaban J connectivity index is 1.45. The first-order chi connectivity index (χ1) is 16.1. The van der Waals surface area contributed by atoms with Gasteiger partial charge in [0.05, 0.1) is 5.69 Å². The number of rotatable bonds is 8. The minimum Gasteiger partial charge on any atom is -0.359 e. The Kier molecular flexibility index (Phi) is 7.00. The minimum absolute atomic E-state index is 0.0701. The molecule has 2 heterocycles. The molecule has 0 bridgehead atoms. The normalized spacial score (nSPS) is 12.4. The zero-order chi connectivity index (χ0) is 23.2. The van der Waals surface area contributed by atoms with E-state index >= 15 is 0 Å². The van der Waals surface area contributed by atoms with E-state index in [-0.39, 0.29) is 5.91 Å². The summed E-state index contributed by atoms with van der Waals surface area (Å²) in [6.07, 6.45) is 2.51. The number of nitrogens with one attached hydrogen (secondary N) is 3. The van der Waals surface area contributed by atoms with Crippen molar-refractivity contribution in [1.29, 1.82) is 0 Å². The van der Waals surface area contributed by atoms with Crippen LogP contribution in [0.25, 0.3) is 11.3 Å². The highest BCUT2D eigenvalue weighted by Crippen LogP contribution is 2.34. The molecule has 4 rings (SSSR count). The molecule has 0 saturated heterocycles. The number of hydrogen-bond donors (Lipinski definition) is 3. The maximum absolute atomic E-state index is 12.4. The van der Waals surface area contributed by atoms with Crippen molar-refractivity contribution in [3.05, 3.63) is 78.1 Å². The molecule has 0 radical (unpaired) electrons. The highest BCUT2D eigenvalue weighted by molar-refractivity contribution is 5.94. The molecular weight excluding hydrogens is 412 g/mol. The smallest absolute Gasteiger partial charge is 0.251 e. The molecule has 1 aliphatic rings. The fourth-order valence-corrected chi connectivity index (χ4v) is 3.90. The molecule has 0 aliphatic carbocycles. The summed E-state index contributed by atoms with van der Waals surface area (Å²) < 4.78 is 0. The van der Waals surface area contributed by atoms with Gasteiger partial charge in [0.1, 0.15) is 0 Å². The van der Waals surface area contributed by atoms with Crippen LogP contribution in [0, 0.1) is 0 Å². The zero-order valence-corrected chi connectivity index (χ0v) is 19.2. The van der Waals surface area contributed by atoms with Gasteiger partial charge in [0.15, 0.2) is 0 Å². The lowest BCUT2D eigenvalue weighted by Gasteiger charge is -2.18. The lowest BCUT2D eigenvalue weighted by atomic mass is 10.1. The Bertz CT molecular complexity index is 1140. The molecule has 3 N–H and O–H groups in total. The summed E-state index contributed by atoms with van der Waals surface area (Å²) in [5, 5.41) is 9.59. The van der Waals surface area contributed by atoms with Crippen molar-refractivity contribution in [1.82, 2.24) is 20.2 Å². The Morgan fingerprint density at radius 3 is 2.64 bits per heavy atom. The van der Waals surface area contributed by atoms with Gasteiger partial charge in [0.2, 0.25) is 5.95 Å². The van der Waals surface area contributed by atoms with Crippen molar-refractivity contribution in [3.63, 3.8) is 0 Å². The van der Waals surface area contributed by atoms with E-state index in [9.17, 15) is 4.79 Å². The van der Waals surface area contributed by atoms with E-state index < -0.39 is 0 Å². The van der Waals surface area contributed by atoms with Gasteiger partial charge in [-0.05, 0) is 43.4 Å². The van der Waals surface area contributed by atoms with Crippen LogP contribution < -0.4 is 16.0 Å². The number of fused-ring (bicyclic) bond motifs is 3. The van der Waals surface area contributed by atoms with Crippen molar-refractivity contribution in [2.75, 3.05) is 36.8 Å². The van der Waals surface area contributed by atoms with Crippen LogP contribution in [-0.2, 0) is 6.42 Å². The van der Waals surface area contributed by atoms with Crippen molar-refractivity contribution >= 4 is 23.2 Å². The van der Waals surface area contributed by atoms with Gasteiger partial charge in [-0.1, -0.05) is 38.6 Å². The molecule has 3 aromatic rings. The van der Waals surface area contributed by atoms with Crippen LogP contribution in [-0.4, -0.2) is 47.0 Å². The highest BCUT2D eigenvalue weighted by atomic mass is 16.1. The molecule has 0 saturated carbocycles. The van der Waals surface area contributed by atoms with Gasteiger partial charge in [0.25, 0.3) is 5.91 Å². The van der Waals surface area contributed by atoms with Gasteiger partial charge in [-0.25, -0.2) is 9.97 Å². The Morgan fingerprint density at radius 2 is 1.88 bits per heavy atom. The van der Waals surface area contributed by atoms with Crippen LogP contribution >= 0.6 is 0 Å². The lowest BCUT2D eigenvalue weighted by Crippen LogP contribution is -2.34. The zero-order valence-electron chi connectivity index (χ0n) is 19.2. The molecule has 0 unspecified atom stereocenters. The highest BCUT2D eigenvalue weighted by Gasteiger charge is 2.18. The third-order valence-electron chi connectivity index (χ3n) is 5.77. The molecule has 7 heteroatoms. The summed E-state index contributed by atoms with van der Waals surface area (Å²) in [5.74, 6) is 0.437. The number of likely N-dealkylation sites (N-methyl/N-ethyl adjacent to an activating group) is 1. The second kappa shape index (κ2) is 10.3. The predicted octanol–water partition coefficient (Wildman–Crippen LogP) is 4.44. The Hall–Kier alpha value is -3.71. The van der Waals surface area contributed by atoms with Crippen LogP contribution in [0.4, 0.5) is 17.3 Å². The minimum atomic E-state index is -0.0701. The molecule has 7 nitrogen and oxygen atoms in total. The number of benzene rings is 2. The average Bonchev–Trinajstić information content (AvgIpc) is 2.97. The number of allylic oxidation sites excluding steroid dienone is 1. The fourth-order valence-electron chi connectivity index (χ4n) is 3.90. The van der Waals surface area contributed by atoms with Crippen LogP contribution in [0.2, 0.25) is 0 Å². The standard InChI is InChI=1S/C26H30N6O/c1-4-32(5-2)15-14-27-25(33)19-10-12-21(13-11-19)30-26-28-17-20-16-18(3)29-23-9-7-6-8-22(23)24(20)31-26/h6-13,17,29H,3-5,14-16H2,1-2H3,(H,27,33)(H,28,30,31). The molecule has 2 aromatic carbocycles. The molecule has 0 fully saturated rings. The summed E-state index contributed by atoms with van der Waals surface area (Å²) >= 11 is 0. The van der Waals surface area contributed by atoms with Gasteiger partial charge >= 0.3 is 0 Å². The van der Waals surface area contributed by atoms with E-state index in [2.05, 4.69) is 46.3 Å². The molecule has 1 aliphatic heterocycles. The van der Waals surface area contributed by atoms with E-state index in [0.717, 1.165) is 53.5 Å². The third kappa shape index (κ3) is 5.38. The molecule has 1 aromatic heterocycles. The summed E-state index contributed by atoms with van der Waals surface area (Å²) in [7, 11) is 0. The average molecular weight is 443 g/mol. The molecule has 1 amide bonds. The number of carbonyl (C=O) groups excluding carboxylic acids is 1. The third-order valence-corrected chi connectivity index (χ3v) is 5.77. The molecule has 33 heavy (non-hydrogen) atoms. The monoisotopic (exact) mass is 442 g/mol. The number of aromatic nitrogens is 2. The van der Waals surface area contributed by atoms with E-state index in [0.29, 0.717) is 24.5 Å². The van der Waals surface area contributed by atoms with Crippen molar-refractivity contribution in [2.24, 2.45) is 0 Å². The lowest BCUT2D eigenvalue weighted by molar-refractivity contribution is 0.0949. The number of anilines is 3. The first-order valence-electron chi connectivity index (χ1n) is 11.3. The molecule has 170 valence electrons. The maximum Gasteiger partial charge on any atom is 0.251 e. The van der Waals surface area contributed by atoms with Crippen LogP contribution in [0.15, 0.2) is 67.0 Å². The SMILES string of the molecule is C=C1Cc2cnc(Nc3ccc(C(=O)NCCN(CC)CC)cc3)nc2-c2ccccc2N1. The maximum atomic E-state index is 12.4. The van der Waals surface area contributed by atoms with Crippen molar-refractivity contribution in [2.45, 2.75) is 20.3 Å². The van der Waals surface area contributed by atoms with E-state index in [1.54, 1.807) is 0 Å². The first-order valence-corrected chi connectivity index (χ1v) is 11.3. The van der Waals surface area contributed by atoms with Gasteiger partial charge in [0, 0.05) is 59.5 Å². The number of para-hydroxylation sites is 1. The number of nitrogens with zero attached hydrogens (tertiary/aromatic N) is 3. The van der Waals surface area contributed by atoms with Crippen molar-refractivity contribution < 1.29 is 4.79 Å². The fraction of sp³-hybridized carbons (Fsp3) is 0.269. The number of carbonyl (C=O) groups is 1. The predicted molar refractivity (Wildman–Crippen MR) is 134 cm³/mol. The van der Waals surface area contributed by atoms with E-state index in [1.807, 2.05) is 54.7 Å². The van der Waals surface area contributed by atoms with Crippen LogP contribution in [0.1, 0.15) is 29.8 Å². The Morgan fingerprint density at radius 1 is 1.12 bits per heavy atom. The van der Waals surface area contributed by atoms with Gasteiger partial charge in [-0.2, -0.15) is 0 Å². The molecule has 0 atom stereocenters. The van der Waals surface area contributed by atoms with Crippen LogP contribution in [0.3, 0.4) is 0 Å². The van der Waals surface area contributed by atoms with Gasteiger partial charge < -0.3 is 20.9 Å². The van der Waals surface area contributed by atoms with Gasteiger partial charge in [-0.15, -0.1) is 0 Å². The summed E-state index contributed by atoms with van der Waals surface area (Å²) in [6.45, 7) is 11.8. The quantitative estimate of drug-likeness (QED) is 0.478. The molecule has 0 spiro atoms. The second-order valence-corrected chi connectivity index (χ2v) is 8.00. The summed E-state index contributed by atoms with van der Waals surface area (Å²) in [6, 6.07) is 15.4. The van der Waals surface area contributed by atoms with Crippen molar-refractivity contribution in [3.8, 4) is 11.3 Å². The topological polar surface area (TPSA) is 82.2 Å². The van der Waals surface area contributed by atoms with E-state index in [4.69, 9.17) is 4.98 Å². The summed E-state index contributed by atoms with van der Waals surface area (Å²) in [5.41, 5.74) is 6.28. The largest absolute Gasteiger partial charge is 0.359 e. The number of hydrogen-bond acceptors (Lipinski definition) is 6. The van der Waals surface area contributed by atoms with Crippen LogP contribution in [0.5, 0.6) is 0 Å². The summed E-state index contributed by atoms with van der Waals surface area (Å²) in [4.78, 5) is 24.0. The number of amides is 1. The Labute approximate surface area is 195 Å². The second-order valence-electron chi connectivity index (χ2n) is 8.00.